The Balaban J connectivity index is 2.96. The molecule has 1 aromatic rings. The fourth-order valence-corrected chi connectivity index (χ4v) is 1.43. The molecule has 0 aliphatic heterocycles. The molecule has 0 unspecified atom stereocenters. The Morgan fingerprint density at radius 1 is 1.17 bits per heavy atom. The molecule has 0 radical (unpaired) electrons. The van der Waals surface area contributed by atoms with Crippen molar-refractivity contribution in [1.29, 1.82) is 0 Å². The van der Waals surface area contributed by atoms with Crippen LogP contribution < -0.4 is 5.32 Å². The van der Waals surface area contributed by atoms with Crippen molar-refractivity contribution in [2.24, 2.45) is 0 Å². The van der Waals surface area contributed by atoms with Gasteiger partial charge in [0.05, 0.1) is 5.56 Å². The van der Waals surface area contributed by atoms with E-state index in [0.29, 0.717) is 6.07 Å². The second-order valence-electron chi connectivity index (χ2n) is 4.89. The third-order valence-corrected chi connectivity index (χ3v) is 3.02. The minimum Gasteiger partial charge on any atom is -0.308 e. The van der Waals surface area contributed by atoms with E-state index in [2.05, 4.69) is 5.32 Å². The first kappa shape index (κ1) is 15.0. The summed E-state index contributed by atoms with van der Waals surface area (Å²) >= 11 is 0. The van der Waals surface area contributed by atoms with Gasteiger partial charge in [0, 0.05) is 12.1 Å². The van der Waals surface area contributed by atoms with Crippen LogP contribution in [0.4, 0.5) is 17.6 Å². The van der Waals surface area contributed by atoms with Crippen molar-refractivity contribution >= 4 is 0 Å². The molecule has 0 heterocycles. The lowest BCUT2D eigenvalue weighted by Crippen LogP contribution is -2.38. The highest BCUT2D eigenvalue weighted by atomic mass is 19.4. The van der Waals surface area contributed by atoms with Gasteiger partial charge < -0.3 is 5.32 Å². The molecule has 1 rings (SSSR count). The molecular weight excluding hydrogens is 246 g/mol. The number of nitrogens with one attached hydrogen (secondary N) is 1. The van der Waals surface area contributed by atoms with Gasteiger partial charge in [-0.1, -0.05) is 13.0 Å². The summed E-state index contributed by atoms with van der Waals surface area (Å²) < 4.78 is 51.1. The number of hydrogen-bond donors (Lipinski definition) is 1. The summed E-state index contributed by atoms with van der Waals surface area (Å²) in [6, 6.07) is 2.76. The summed E-state index contributed by atoms with van der Waals surface area (Å²) in [5.41, 5.74) is -1.11. The molecule has 0 amide bonds. The predicted molar refractivity (Wildman–Crippen MR) is 62.6 cm³/mol. The van der Waals surface area contributed by atoms with E-state index in [-0.39, 0.29) is 17.6 Å². The van der Waals surface area contributed by atoms with Crippen LogP contribution in [0.25, 0.3) is 0 Å². The lowest BCUT2D eigenvalue weighted by molar-refractivity contribution is -0.138. The SMILES string of the molecule is CCC(C)(C)NCc1ccc(F)cc1C(F)(F)F. The van der Waals surface area contributed by atoms with Crippen molar-refractivity contribution in [3.05, 3.63) is 35.1 Å². The number of halogens is 4. The van der Waals surface area contributed by atoms with Gasteiger partial charge >= 0.3 is 6.18 Å². The third kappa shape index (κ3) is 3.98. The number of benzene rings is 1. The van der Waals surface area contributed by atoms with E-state index >= 15 is 0 Å². The van der Waals surface area contributed by atoms with Crippen molar-refractivity contribution in [3.63, 3.8) is 0 Å². The van der Waals surface area contributed by atoms with Crippen LogP contribution in [0.3, 0.4) is 0 Å². The Kier molecular flexibility index (Phi) is 4.37. The standard InChI is InChI=1S/C13H17F4N/c1-4-12(2,3)18-8-9-5-6-10(14)7-11(9)13(15,16)17/h5-7,18H,4,8H2,1-3H3. The first-order chi connectivity index (χ1) is 8.15. The molecule has 0 aromatic heterocycles. The average Bonchev–Trinajstić information content (AvgIpc) is 2.26. The molecule has 1 aromatic carbocycles. The summed E-state index contributed by atoms with van der Waals surface area (Å²) in [5, 5.41) is 3.03. The highest BCUT2D eigenvalue weighted by Crippen LogP contribution is 2.32. The van der Waals surface area contributed by atoms with Gasteiger partial charge in [0.15, 0.2) is 0 Å². The van der Waals surface area contributed by atoms with Gasteiger partial charge in [-0.15, -0.1) is 0 Å². The molecule has 18 heavy (non-hydrogen) atoms. The van der Waals surface area contributed by atoms with Crippen LogP contribution in [0.15, 0.2) is 18.2 Å². The smallest absolute Gasteiger partial charge is 0.308 e. The molecule has 0 fully saturated rings. The van der Waals surface area contributed by atoms with E-state index < -0.39 is 17.6 Å². The molecule has 5 heteroatoms. The fourth-order valence-electron chi connectivity index (χ4n) is 1.43. The molecule has 0 saturated carbocycles. The van der Waals surface area contributed by atoms with Gasteiger partial charge in [-0.05, 0) is 38.0 Å². The molecule has 0 aliphatic rings. The first-order valence-corrected chi connectivity index (χ1v) is 5.76. The quantitative estimate of drug-likeness (QED) is 0.806. The molecule has 0 aliphatic carbocycles. The van der Waals surface area contributed by atoms with Crippen molar-refractivity contribution in [2.45, 2.75) is 45.5 Å². The summed E-state index contributed by atoms with van der Waals surface area (Å²) in [6.45, 7) is 5.83. The van der Waals surface area contributed by atoms with Gasteiger partial charge in [0.1, 0.15) is 5.82 Å². The monoisotopic (exact) mass is 263 g/mol. The summed E-state index contributed by atoms with van der Waals surface area (Å²) in [5.74, 6) is -0.874. The second kappa shape index (κ2) is 5.26. The van der Waals surface area contributed by atoms with Crippen LogP contribution >= 0.6 is 0 Å². The lowest BCUT2D eigenvalue weighted by atomic mass is 10.0. The normalized spacial score (nSPS) is 12.8. The average molecular weight is 263 g/mol. The van der Waals surface area contributed by atoms with Gasteiger partial charge in [0.25, 0.3) is 0 Å². The van der Waals surface area contributed by atoms with Gasteiger partial charge in [-0.25, -0.2) is 4.39 Å². The van der Waals surface area contributed by atoms with Crippen LogP contribution in [0.2, 0.25) is 0 Å². The number of rotatable bonds is 4. The zero-order valence-electron chi connectivity index (χ0n) is 10.7. The van der Waals surface area contributed by atoms with E-state index in [1.807, 2.05) is 20.8 Å². The lowest BCUT2D eigenvalue weighted by Gasteiger charge is -2.25. The molecule has 0 bridgehead atoms. The minimum absolute atomic E-state index is 0.0606. The summed E-state index contributed by atoms with van der Waals surface area (Å²) in [7, 11) is 0. The molecule has 0 saturated heterocycles. The zero-order chi connectivity index (χ0) is 14.0. The first-order valence-electron chi connectivity index (χ1n) is 5.76. The van der Waals surface area contributed by atoms with Crippen LogP contribution in [0.1, 0.15) is 38.3 Å². The summed E-state index contributed by atoms with van der Waals surface area (Å²) in [6.07, 6.45) is -3.75. The van der Waals surface area contributed by atoms with E-state index in [1.165, 1.54) is 6.07 Å². The van der Waals surface area contributed by atoms with Crippen molar-refractivity contribution in [2.75, 3.05) is 0 Å². The maximum Gasteiger partial charge on any atom is 0.416 e. The second-order valence-corrected chi connectivity index (χ2v) is 4.89. The van der Waals surface area contributed by atoms with Crippen LogP contribution in [0, 0.1) is 5.82 Å². The maximum atomic E-state index is 12.9. The zero-order valence-corrected chi connectivity index (χ0v) is 10.7. The fraction of sp³-hybridized carbons (Fsp3) is 0.538. The molecular formula is C13H17F4N. The van der Waals surface area contributed by atoms with Gasteiger partial charge in [0.2, 0.25) is 0 Å². The highest BCUT2D eigenvalue weighted by molar-refractivity contribution is 5.30. The van der Waals surface area contributed by atoms with E-state index in [4.69, 9.17) is 0 Å². The highest BCUT2D eigenvalue weighted by Gasteiger charge is 2.33. The number of alkyl halides is 3. The van der Waals surface area contributed by atoms with Crippen LogP contribution in [-0.4, -0.2) is 5.54 Å². The third-order valence-electron chi connectivity index (χ3n) is 3.02. The van der Waals surface area contributed by atoms with Crippen molar-refractivity contribution in [1.82, 2.24) is 5.32 Å². The van der Waals surface area contributed by atoms with Crippen molar-refractivity contribution < 1.29 is 17.6 Å². The Labute approximate surface area is 104 Å². The predicted octanol–water partition coefficient (Wildman–Crippen LogP) is 4.12. The molecule has 0 spiro atoms. The Morgan fingerprint density at radius 3 is 2.28 bits per heavy atom. The Bertz CT molecular complexity index is 410. The maximum absolute atomic E-state index is 12.9. The Morgan fingerprint density at radius 2 is 1.78 bits per heavy atom. The van der Waals surface area contributed by atoms with E-state index in [1.54, 1.807) is 0 Å². The largest absolute Gasteiger partial charge is 0.416 e. The minimum atomic E-state index is -4.53. The molecule has 1 N–H and O–H groups in total. The Hall–Kier alpha value is -1.10. The molecule has 0 atom stereocenters. The molecule has 102 valence electrons. The summed E-state index contributed by atoms with van der Waals surface area (Å²) in [4.78, 5) is 0. The topological polar surface area (TPSA) is 12.0 Å². The van der Waals surface area contributed by atoms with Crippen LogP contribution in [-0.2, 0) is 12.7 Å². The van der Waals surface area contributed by atoms with Gasteiger partial charge in [-0.3, -0.25) is 0 Å². The van der Waals surface area contributed by atoms with E-state index in [0.717, 1.165) is 12.5 Å². The molecule has 1 nitrogen and oxygen atoms in total. The van der Waals surface area contributed by atoms with E-state index in [9.17, 15) is 17.6 Å². The van der Waals surface area contributed by atoms with Crippen LogP contribution in [0.5, 0.6) is 0 Å². The number of hydrogen-bond acceptors (Lipinski definition) is 1. The van der Waals surface area contributed by atoms with Gasteiger partial charge in [-0.2, -0.15) is 13.2 Å². The van der Waals surface area contributed by atoms with Crippen molar-refractivity contribution in [3.8, 4) is 0 Å².